The van der Waals surface area contributed by atoms with E-state index in [2.05, 4.69) is 5.32 Å². The van der Waals surface area contributed by atoms with E-state index in [0.717, 1.165) is 5.56 Å². The normalized spacial score (nSPS) is 22.7. The molecule has 0 aliphatic carbocycles. The quantitative estimate of drug-likeness (QED) is 0.930. The van der Waals surface area contributed by atoms with Crippen molar-refractivity contribution in [1.29, 1.82) is 0 Å². The van der Waals surface area contributed by atoms with Crippen LogP contribution in [0.5, 0.6) is 0 Å². The third kappa shape index (κ3) is 3.23. The lowest BCUT2D eigenvalue weighted by molar-refractivity contribution is -0.133. The molecule has 0 saturated carbocycles. The SMILES string of the molecule is Cc1cc(F)cc(N2C(=O)C(CC(C)C)NC(=O)C2C)c1. The van der Waals surface area contributed by atoms with Gasteiger partial charge in [-0.3, -0.25) is 14.5 Å². The number of carbonyl (C=O) groups excluding carboxylic acids is 2. The third-order valence-electron chi connectivity index (χ3n) is 3.63. The molecule has 1 N–H and O–H groups in total. The fourth-order valence-corrected chi connectivity index (χ4v) is 2.67. The summed E-state index contributed by atoms with van der Waals surface area (Å²) in [4.78, 5) is 26.1. The maximum atomic E-state index is 13.6. The van der Waals surface area contributed by atoms with Gasteiger partial charge >= 0.3 is 0 Å². The number of benzene rings is 1. The van der Waals surface area contributed by atoms with Crippen LogP contribution in [0.4, 0.5) is 10.1 Å². The minimum atomic E-state index is -0.637. The fourth-order valence-electron chi connectivity index (χ4n) is 2.67. The minimum absolute atomic E-state index is 0.180. The molecule has 1 fully saturated rings. The molecule has 1 saturated heterocycles. The van der Waals surface area contributed by atoms with Gasteiger partial charge in [-0.15, -0.1) is 0 Å². The van der Waals surface area contributed by atoms with E-state index in [1.165, 1.54) is 17.0 Å². The van der Waals surface area contributed by atoms with E-state index in [9.17, 15) is 14.0 Å². The number of hydrogen-bond donors (Lipinski definition) is 1. The van der Waals surface area contributed by atoms with Crippen molar-refractivity contribution in [1.82, 2.24) is 5.32 Å². The molecular formula is C16H21FN2O2. The van der Waals surface area contributed by atoms with Crippen molar-refractivity contribution in [3.8, 4) is 0 Å². The highest BCUT2D eigenvalue weighted by Gasteiger charge is 2.39. The molecule has 0 spiro atoms. The van der Waals surface area contributed by atoms with E-state index in [4.69, 9.17) is 0 Å². The highest BCUT2D eigenvalue weighted by Crippen LogP contribution is 2.25. The molecule has 1 heterocycles. The first-order valence-corrected chi connectivity index (χ1v) is 7.20. The van der Waals surface area contributed by atoms with Gasteiger partial charge in [0.05, 0.1) is 0 Å². The van der Waals surface area contributed by atoms with Crippen LogP contribution in [-0.2, 0) is 9.59 Å². The number of halogens is 1. The molecule has 5 heteroatoms. The number of aryl methyl sites for hydroxylation is 1. The number of nitrogens with one attached hydrogen (secondary N) is 1. The average Bonchev–Trinajstić information content (AvgIpc) is 2.34. The van der Waals surface area contributed by atoms with Crippen LogP contribution in [0, 0.1) is 18.7 Å². The summed E-state index contributed by atoms with van der Waals surface area (Å²) in [5, 5.41) is 2.75. The molecule has 2 rings (SSSR count). The number of piperazine rings is 1. The predicted octanol–water partition coefficient (Wildman–Crippen LogP) is 2.40. The maximum Gasteiger partial charge on any atom is 0.250 e. The smallest absolute Gasteiger partial charge is 0.250 e. The zero-order valence-electron chi connectivity index (χ0n) is 12.8. The lowest BCUT2D eigenvalue weighted by Gasteiger charge is -2.38. The van der Waals surface area contributed by atoms with Gasteiger partial charge in [0.25, 0.3) is 0 Å². The molecule has 2 amide bonds. The highest BCUT2D eigenvalue weighted by molar-refractivity contribution is 6.08. The third-order valence-corrected chi connectivity index (χ3v) is 3.63. The largest absolute Gasteiger partial charge is 0.342 e. The van der Waals surface area contributed by atoms with Crippen molar-refractivity contribution in [3.05, 3.63) is 29.6 Å². The Balaban J connectivity index is 2.38. The van der Waals surface area contributed by atoms with Crippen LogP contribution in [0.3, 0.4) is 0 Å². The van der Waals surface area contributed by atoms with Gasteiger partial charge in [0.15, 0.2) is 0 Å². The fraction of sp³-hybridized carbons (Fsp3) is 0.500. The van der Waals surface area contributed by atoms with Crippen molar-refractivity contribution >= 4 is 17.5 Å². The molecule has 1 aromatic rings. The van der Waals surface area contributed by atoms with Crippen LogP contribution in [-0.4, -0.2) is 23.9 Å². The van der Waals surface area contributed by atoms with E-state index >= 15 is 0 Å². The summed E-state index contributed by atoms with van der Waals surface area (Å²) < 4.78 is 13.6. The molecule has 1 aromatic carbocycles. The van der Waals surface area contributed by atoms with Crippen LogP contribution >= 0.6 is 0 Å². The van der Waals surface area contributed by atoms with Gasteiger partial charge in [-0.05, 0) is 49.9 Å². The van der Waals surface area contributed by atoms with Crippen molar-refractivity contribution in [2.24, 2.45) is 5.92 Å². The second-order valence-electron chi connectivity index (χ2n) is 6.06. The monoisotopic (exact) mass is 292 g/mol. The Bertz CT molecular complexity index is 551. The lowest BCUT2D eigenvalue weighted by Crippen LogP contribution is -2.63. The van der Waals surface area contributed by atoms with E-state index in [0.29, 0.717) is 12.1 Å². The van der Waals surface area contributed by atoms with E-state index in [1.54, 1.807) is 19.9 Å². The van der Waals surface area contributed by atoms with Crippen molar-refractivity contribution in [3.63, 3.8) is 0 Å². The molecule has 1 aliphatic rings. The lowest BCUT2D eigenvalue weighted by atomic mass is 9.98. The topological polar surface area (TPSA) is 49.4 Å². The Morgan fingerprint density at radius 2 is 1.95 bits per heavy atom. The second-order valence-corrected chi connectivity index (χ2v) is 6.06. The molecule has 4 nitrogen and oxygen atoms in total. The molecule has 0 radical (unpaired) electrons. The molecule has 0 aromatic heterocycles. The number of anilines is 1. The average molecular weight is 292 g/mol. The van der Waals surface area contributed by atoms with Crippen LogP contribution in [0.25, 0.3) is 0 Å². The van der Waals surface area contributed by atoms with Crippen molar-refractivity contribution in [2.45, 2.75) is 46.2 Å². The second kappa shape index (κ2) is 5.84. The zero-order chi connectivity index (χ0) is 15.7. The molecule has 2 atom stereocenters. The highest BCUT2D eigenvalue weighted by atomic mass is 19.1. The minimum Gasteiger partial charge on any atom is -0.342 e. The van der Waals surface area contributed by atoms with Crippen LogP contribution in [0.15, 0.2) is 18.2 Å². The summed E-state index contributed by atoms with van der Waals surface area (Å²) in [6.07, 6.45) is 0.572. The summed E-state index contributed by atoms with van der Waals surface area (Å²) in [5.41, 5.74) is 1.16. The maximum absolute atomic E-state index is 13.6. The van der Waals surface area contributed by atoms with Gasteiger partial charge in [0.1, 0.15) is 17.9 Å². The summed E-state index contributed by atoms with van der Waals surface area (Å²) in [6, 6.07) is 3.24. The first-order valence-electron chi connectivity index (χ1n) is 7.20. The van der Waals surface area contributed by atoms with E-state index < -0.39 is 17.9 Å². The van der Waals surface area contributed by atoms with Crippen molar-refractivity contribution in [2.75, 3.05) is 4.90 Å². The van der Waals surface area contributed by atoms with Gasteiger partial charge in [0.2, 0.25) is 11.8 Å². The molecule has 21 heavy (non-hydrogen) atoms. The molecule has 0 bridgehead atoms. The predicted molar refractivity (Wildman–Crippen MR) is 79.5 cm³/mol. The number of amides is 2. The summed E-state index contributed by atoms with van der Waals surface area (Å²) in [7, 11) is 0. The summed E-state index contributed by atoms with van der Waals surface area (Å²) >= 11 is 0. The van der Waals surface area contributed by atoms with E-state index in [1.807, 2.05) is 13.8 Å². The molecule has 1 aliphatic heterocycles. The van der Waals surface area contributed by atoms with Gasteiger partial charge < -0.3 is 5.32 Å². The van der Waals surface area contributed by atoms with Crippen LogP contribution in [0.1, 0.15) is 32.8 Å². The first kappa shape index (κ1) is 15.5. The molecule has 114 valence electrons. The Morgan fingerprint density at radius 3 is 2.52 bits per heavy atom. The molecular weight excluding hydrogens is 271 g/mol. The van der Waals surface area contributed by atoms with Crippen LogP contribution < -0.4 is 10.2 Å². The Kier molecular flexibility index (Phi) is 4.30. The van der Waals surface area contributed by atoms with Gasteiger partial charge in [-0.25, -0.2) is 4.39 Å². The van der Waals surface area contributed by atoms with Crippen LogP contribution in [0.2, 0.25) is 0 Å². The van der Waals surface area contributed by atoms with E-state index in [-0.39, 0.29) is 17.7 Å². The van der Waals surface area contributed by atoms with Gasteiger partial charge in [0, 0.05) is 5.69 Å². The van der Waals surface area contributed by atoms with Crippen molar-refractivity contribution < 1.29 is 14.0 Å². The number of hydrogen-bond acceptors (Lipinski definition) is 2. The standard InChI is InChI=1S/C16H21FN2O2/c1-9(2)5-14-16(21)19(11(4)15(20)18-14)13-7-10(3)6-12(17)8-13/h6-9,11,14H,5H2,1-4H3,(H,18,20). The summed E-state index contributed by atoms with van der Waals surface area (Å²) in [6.45, 7) is 7.40. The van der Waals surface area contributed by atoms with Gasteiger partial charge in [-0.1, -0.05) is 13.8 Å². The Labute approximate surface area is 124 Å². The number of rotatable bonds is 3. The zero-order valence-corrected chi connectivity index (χ0v) is 12.8. The molecule has 2 unspecified atom stereocenters. The Morgan fingerprint density at radius 1 is 1.29 bits per heavy atom. The Hall–Kier alpha value is -1.91. The first-order chi connectivity index (χ1) is 9.79. The number of carbonyl (C=O) groups is 2. The van der Waals surface area contributed by atoms with Gasteiger partial charge in [-0.2, -0.15) is 0 Å². The number of nitrogens with zero attached hydrogens (tertiary/aromatic N) is 1. The summed E-state index contributed by atoms with van der Waals surface area (Å²) in [5.74, 6) is -0.511.